The highest BCUT2D eigenvalue weighted by Gasteiger charge is 2.50. The first kappa shape index (κ1) is 15.8. The van der Waals surface area contributed by atoms with Crippen LogP contribution >= 0.6 is 0 Å². The van der Waals surface area contributed by atoms with Gasteiger partial charge in [0.25, 0.3) is 0 Å². The molecule has 2 aliphatic rings. The predicted octanol–water partition coefficient (Wildman–Crippen LogP) is 1.94. The Kier molecular flexibility index (Phi) is 3.61. The molecule has 0 radical (unpaired) electrons. The van der Waals surface area contributed by atoms with Gasteiger partial charge in [0.15, 0.2) is 17.5 Å². The SMILES string of the molecule is CC1(C)C(=O)NCCN1C(=O)[C@H]1C[C@@H]1c1cc(F)c(F)c(F)c1. The van der Waals surface area contributed by atoms with E-state index < -0.39 is 28.9 Å². The number of carbonyl (C=O) groups excluding carboxylic acids is 2. The Balaban J connectivity index is 1.78. The minimum atomic E-state index is -1.51. The number of nitrogens with one attached hydrogen (secondary N) is 1. The molecule has 1 saturated heterocycles. The molecule has 23 heavy (non-hydrogen) atoms. The van der Waals surface area contributed by atoms with E-state index in [0.717, 1.165) is 12.1 Å². The van der Waals surface area contributed by atoms with Crippen LogP contribution in [-0.2, 0) is 9.59 Å². The van der Waals surface area contributed by atoms with Crippen molar-refractivity contribution in [3.05, 3.63) is 35.1 Å². The quantitative estimate of drug-likeness (QED) is 0.845. The summed E-state index contributed by atoms with van der Waals surface area (Å²) in [6, 6.07) is 1.87. The molecule has 0 unspecified atom stereocenters. The Morgan fingerprint density at radius 1 is 1.26 bits per heavy atom. The summed E-state index contributed by atoms with van der Waals surface area (Å²) in [6.07, 6.45) is 0.442. The standard InChI is InChI=1S/C16H17F3N2O2/c1-16(2)15(23)20-3-4-21(16)14(22)10-7-9(10)8-5-11(17)13(19)12(18)6-8/h5-6,9-10H,3-4,7H2,1-2H3,(H,20,23)/t9-,10+/m1/s1. The molecule has 1 aliphatic heterocycles. The van der Waals surface area contributed by atoms with Gasteiger partial charge in [0, 0.05) is 19.0 Å². The Morgan fingerprint density at radius 3 is 2.48 bits per heavy atom. The van der Waals surface area contributed by atoms with E-state index in [4.69, 9.17) is 0 Å². The average Bonchev–Trinajstić information content (AvgIpc) is 3.27. The smallest absolute Gasteiger partial charge is 0.245 e. The third-order valence-electron chi connectivity index (χ3n) is 4.66. The summed E-state index contributed by atoms with van der Waals surface area (Å²) in [4.78, 5) is 26.0. The zero-order chi connectivity index (χ0) is 16.9. The molecular weight excluding hydrogens is 309 g/mol. The van der Waals surface area contributed by atoms with E-state index in [-0.39, 0.29) is 23.3 Å². The van der Waals surface area contributed by atoms with Crippen LogP contribution in [0.4, 0.5) is 13.2 Å². The van der Waals surface area contributed by atoms with Crippen molar-refractivity contribution in [3.8, 4) is 0 Å². The Labute approximate surface area is 131 Å². The average molecular weight is 326 g/mol. The van der Waals surface area contributed by atoms with Gasteiger partial charge in [0.1, 0.15) is 5.54 Å². The lowest BCUT2D eigenvalue weighted by Crippen LogP contribution is -2.63. The number of hydrogen-bond donors (Lipinski definition) is 1. The van der Waals surface area contributed by atoms with Crippen LogP contribution in [0, 0.1) is 23.4 Å². The van der Waals surface area contributed by atoms with Crippen LogP contribution in [0.5, 0.6) is 0 Å². The summed E-state index contributed by atoms with van der Waals surface area (Å²) in [6.45, 7) is 4.10. The fraction of sp³-hybridized carbons (Fsp3) is 0.500. The van der Waals surface area contributed by atoms with E-state index in [1.807, 2.05) is 0 Å². The first-order valence-electron chi connectivity index (χ1n) is 7.47. The summed E-state index contributed by atoms with van der Waals surface area (Å²) >= 11 is 0. The highest BCUT2D eigenvalue weighted by atomic mass is 19.2. The van der Waals surface area contributed by atoms with Crippen molar-refractivity contribution < 1.29 is 22.8 Å². The van der Waals surface area contributed by atoms with Gasteiger partial charge in [0.2, 0.25) is 11.8 Å². The summed E-state index contributed by atoms with van der Waals surface area (Å²) in [5.74, 6) is -5.22. The maximum Gasteiger partial charge on any atom is 0.245 e. The van der Waals surface area contributed by atoms with Crippen molar-refractivity contribution in [1.29, 1.82) is 0 Å². The van der Waals surface area contributed by atoms with Gasteiger partial charge in [-0.25, -0.2) is 13.2 Å². The second-order valence-electron chi connectivity index (χ2n) is 6.55. The lowest BCUT2D eigenvalue weighted by molar-refractivity contribution is -0.150. The van der Waals surface area contributed by atoms with Crippen molar-refractivity contribution in [2.45, 2.75) is 31.7 Å². The number of carbonyl (C=O) groups is 2. The summed E-state index contributed by atoms with van der Waals surface area (Å²) in [7, 11) is 0. The number of benzene rings is 1. The third kappa shape index (κ3) is 2.58. The second-order valence-corrected chi connectivity index (χ2v) is 6.55. The number of nitrogens with zero attached hydrogens (tertiary/aromatic N) is 1. The van der Waals surface area contributed by atoms with E-state index in [1.165, 1.54) is 4.90 Å². The fourth-order valence-corrected chi connectivity index (χ4v) is 3.11. The molecule has 2 amide bonds. The first-order chi connectivity index (χ1) is 10.7. The van der Waals surface area contributed by atoms with Crippen LogP contribution in [-0.4, -0.2) is 35.3 Å². The van der Waals surface area contributed by atoms with Gasteiger partial charge in [0.05, 0.1) is 0 Å². The maximum absolute atomic E-state index is 13.3. The van der Waals surface area contributed by atoms with E-state index in [2.05, 4.69) is 5.32 Å². The summed E-state index contributed by atoms with van der Waals surface area (Å²) in [5.41, 5.74) is -0.680. The Hall–Kier alpha value is -2.05. The van der Waals surface area contributed by atoms with Gasteiger partial charge in [-0.05, 0) is 43.9 Å². The molecular formula is C16H17F3N2O2. The minimum Gasteiger partial charge on any atom is -0.352 e. The van der Waals surface area contributed by atoms with Crippen LogP contribution in [0.1, 0.15) is 31.7 Å². The van der Waals surface area contributed by atoms with Crippen LogP contribution in [0.2, 0.25) is 0 Å². The molecule has 0 bridgehead atoms. The molecule has 2 atom stereocenters. The van der Waals surface area contributed by atoms with Crippen LogP contribution in [0.25, 0.3) is 0 Å². The van der Waals surface area contributed by atoms with E-state index in [1.54, 1.807) is 13.8 Å². The lowest BCUT2D eigenvalue weighted by atomic mass is 9.97. The number of rotatable bonds is 2. The van der Waals surface area contributed by atoms with Gasteiger partial charge >= 0.3 is 0 Å². The normalized spacial score (nSPS) is 26.0. The second kappa shape index (κ2) is 5.25. The fourth-order valence-electron chi connectivity index (χ4n) is 3.11. The van der Waals surface area contributed by atoms with Crippen LogP contribution in [0.3, 0.4) is 0 Å². The molecule has 1 saturated carbocycles. The highest BCUT2D eigenvalue weighted by molar-refractivity contribution is 5.93. The largest absolute Gasteiger partial charge is 0.352 e. The van der Waals surface area contributed by atoms with Gasteiger partial charge < -0.3 is 10.2 Å². The van der Waals surface area contributed by atoms with Crippen molar-refractivity contribution >= 4 is 11.8 Å². The molecule has 124 valence electrons. The van der Waals surface area contributed by atoms with Crippen molar-refractivity contribution in [1.82, 2.24) is 10.2 Å². The number of piperazine rings is 1. The topological polar surface area (TPSA) is 49.4 Å². The Bertz CT molecular complexity index is 667. The molecule has 0 aromatic heterocycles. The van der Waals surface area contributed by atoms with Gasteiger partial charge in [-0.15, -0.1) is 0 Å². The van der Waals surface area contributed by atoms with Crippen molar-refractivity contribution in [3.63, 3.8) is 0 Å². The number of halogens is 3. The molecule has 1 N–H and O–H groups in total. The van der Waals surface area contributed by atoms with Gasteiger partial charge in [-0.1, -0.05) is 0 Å². The lowest BCUT2D eigenvalue weighted by Gasteiger charge is -2.41. The minimum absolute atomic E-state index is 0.208. The monoisotopic (exact) mass is 326 g/mol. The van der Waals surface area contributed by atoms with Crippen molar-refractivity contribution in [2.75, 3.05) is 13.1 Å². The van der Waals surface area contributed by atoms with E-state index >= 15 is 0 Å². The maximum atomic E-state index is 13.3. The highest BCUT2D eigenvalue weighted by Crippen LogP contribution is 2.49. The molecule has 2 fully saturated rings. The third-order valence-corrected chi connectivity index (χ3v) is 4.66. The number of amides is 2. The van der Waals surface area contributed by atoms with E-state index in [0.29, 0.717) is 19.5 Å². The summed E-state index contributed by atoms with van der Waals surface area (Å²) in [5, 5.41) is 2.71. The van der Waals surface area contributed by atoms with Gasteiger partial charge in [-0.3, -0.25) is 9.59 Å². The molecule has 1 aromatic carbocycles. The van der Waals surface area contributed by atoms with Crippen LogP contribution in [0.15, 0.2) is 12.1 Å². The predicted molar refractivity (Wildman–Crippen MR) is 76.0 cm³/mol. The Morgan fingerprint density at radius 2 is 1.87 bits per heavy atom. The molecule has 1 aromatic rings. The molecule has 7 heteroatoms. The van der Waals surface area contributed by atoms with Gasteiger partial charge in [-0.2, -0.15) is 0 Å². The molecule has 0 spiro atoms. The zero-order valence-corrected chi connectivity index (χ0v) is 12.8. The zero-order valence-electron chi connectivity index (χ0n) is 12.8. The molecule has 4 nitrogen and oxygen atoms in total. The molecule has 1 aliphatic carbocycles. The molecule has 3 rings (SSSR count). The van der Waals surface area contributed by atoms with E-state index in [9.17, 15) is 22.8 Å². The van der Waals surface area contributed by atoms with Crippen molar-refractivity contribution in [2.24, 2.45) is 5.92 Å². The van der Waals surface area contributed by atoms with Crippen LogP contribution < -0.4 is 5.32 Å². The number of hydrogen-bond acceptors (Lipinski definition) is 2. The molecule has 1 heterocycles. The first-order valence-corrected chi connectivity index (χ1v) is 7.47. The summed E-state index contributed by atoms with van der Waals surface area (Å²) < 4.78 is 39.7.